The topological polar surface area (TPSA) is 30.0 Å². The Bertz CT molecular complexity index is 507. The lowest BCUT2D eigenvalue weighted by Crippen LogP contribution is -2.03. The van der Waals surface area contributed by atoms with Crippen molar-refractivity contribution in [3.63, 3.8) is 0 Å². The molecule has 0 unspecified atom stereocenters. The highest BCUT2D eigenvalue weighted by atomic mass is 79.9. The predicted molar refractivity (Wildman–Crippen MR) is 64.4 cm³/mol. The van der Waals surface area contributed by atoms with Gasteiger partial charge in [-0.3, -0.25) is 9.78 Å². The van der Waals surface area contributed by atoms with Crippen LogP contribution in [0.25, 0.3) is 0 Å². The molecular weight excluding hydrogens is 274 g/mol. The first-order valence-corrected chi connectivity index (χ1v) is 6.10. The van der Waals surface area contributed by atoms with E-state index in [1.165, 1.54) is 11.3 Å². The largest absolute Gasteiger partial charge is 0.288 e. The van der Waals surface area contributed by atoms with E-state index in [0.29, 0.717) is 11.1 Å². The molecule has 0 radical (unpaired) electrons. The highest BCUT2D eigenvalue weighted by Gasteiger charge is 2.15. The maximum Gasteiger partial charge on any atom is 0.196 e. The molecule has 0 spiro atoms. The number of ketones is 1. The van der Waals surface area contributed by atoms with E-state index in [9.17, 15) is 4.79 Å². The Kier molecular flexibility index (Phi) is 2.98. The minimum Gasteiger partial charge on any atom is -0.288 e. The highest BCUT2D eigenvalue weighted by Crippen LogP contribution is 2.24. The zero-order valence-corrected chi connectivity index (χ0v) is 10.4. The minimum absolute atomic E-state index is 0.0220. The van der Waals surface area contributed by atoms with Crippen LogP contribution in [0.5, 0.6) is 0 Å². The number of rotatable bonds is 2. The molecule has 2 heterocycles. The number of carbonyl (C=O) groups is 1. The number of carbonyl (C=O) groups excluding carboxylic acids is 1. The Hall–Kier alpha value is -1.00. The van der Waals surface area contributed by atoms with E-state index >= 15 is 0 Å². The molecule has 2 aromatic heterocycles. The number of halogens is 1. The molecule has 0 amide bonds. The molecule has 0 aliphatic carbocycles. The van der Waals surface area contributed by atoms with E-state index in [1.54, 1.807) is 12.4 Å². The summed E-state index contributed by atoms with van der Waals surface area (Å²) in [6.45, 7) is 1.91. The molecular formula is C11H8BrNOS. The highest BCUT2D eigenvalue weighted by molar-refractivity contribution is 9.10. The molecule has 15 heavy (non-hydrogen) atoms. The van der Waals surface area contributed by atoms with Crippen molar-refractivity contribution < 1.29 is 4.79 Å². The van der Waals surface area contributed by atoms with Crippen LogP contribution in [0.3, 0.4) is 0 Å². The van der Waals surface area contributed by atoms with Gasteiger partial charge in [0.05, 0.1) is 0 Å². The number of nitrogens with zero attached hydrogens (tertiary/aromatic N) is 1. The SMILES string of the molecule is Cc1ccncc1C(=O)c1cscc1Br. The van der Waals surface area contributed by atoms with Gasteiger partial charge < -0.3 is 0 Å². The summed E-state index contributed by atoms with van der Waals surface area (Å²) in [4.78, 5) is 16.1. The first-order valence-electron chi connectivity index (χ1n) is 4.37. The third kappa shape index (κ3) is 2.01. The van der Waals surface area contributed by atoms with Crippen LogP contribution in [0.1, 0.15) is 21.5 Å². The van der Waals surface area contributed by atoms with Gasteiger partial charge in [-0.1, -0.05) is 0 Å². The summed E-state index contributed by atoms with van der Waals surface area (Å²) in [6.07, 6.45) is 3.30. The van der Waals surface area contributed by atoms with Gasteiger partial charge in [-0.15, -0.1) is 0 Å². The predicted octanol–water partition coefficient (Wildman–Crippen LogP) is 3.45. The van der Waals surface area contributed by atoms with Crippen molar-refractivity contribution in [3.05, 3.63) is 50.4 Å². The Morgan fingerprint density at radius 2 is 2.20 bits per heavy atom. The molecule has 0 bridgehead atoms. The van der Waals surface area contributed by atoms with E-state index in [2.05, 4.69) is 20.9 Å². The summed E-state index contributed by atoms with van der Waals surface area (Å²) in [5.74, 6) is 0.0220. The van der Waals surface area contributed by atoms with Gasteiger partial charge in [-0.2, -0.15) is 11.3 Å². The first kappa shape index (κ1) is 10.5. The number of aromatic nitrogens is 1. The fraction of sp³-hybridized carbons (Fsp3) is 0.0909. The summed E-state index contributed by atoms with van der Waals surface area (Å²) < 4.78 is 0.848. The van der Waals surface area contributed by atoms with Crippen molar-refractivity contribution in [3.8, 4) is 0 Å². The molecule has 0 aromatic carbocycles. The summed E-state index contributed by atoms with van der Waals surface area (Å²) in [5.41, 5.74) is 2.32. The Balaban J connectivity index is 2.46. The van der Waals surface area contributed by atoms with Crippen molar-refractivity contribution in [2.75, 3.05) is 0 Å². The van der Waals surface area contributed by atoms with Gasteiger partial charge in [0.1, 0.15) is 0 Å². The van der Waals surface area contributed by atoms with E-state index in [4.69, 9.17) is 0 Å². The molecule has 76 valence electrons. The molecule has 0 fully saturated rings. The van der Waals surface area contributed by atoms with Gasteiger partial charge >= 0.3 is 0 Å². The van der Waals surface area contributed by atoms with Crippen LogP contribution in [0.2, 0.25) is 0 Å². The molecule has 0 saturated heterocycles. The summed E-state index contributed by atoms with van der Waals surface area (Å²) in [7, 11) is 0. The van der Waals surface area contributed by atoms with E-state index in [-0.39, 0.29) is 5.78 Å². The molecule has 2 nitrogen and oxygen atoms in total. The fourth-order valence-corrected chi connectivity index (χ4v) is 2.74. The van der Waals surface area contributed by atoms with Gasteiger partial charge in [0.15, 0.2) is 5.78 Å². The molecule has 0 atom stereocenters. The zero-order chi connectivity index (χ0) is 10.8. The van der Waals surface area contributed by atoms with Crippen LogP contribution in [0.4, 0.5) is 0 Å². The fourth-order valence-electron chi connectivity index (χ4n) is 1.29. The third-order valence-electron chi connectivity index (χ3n) is 2.14. The van der Waals surface area contributed by atoms with E-state index in [0.717, 1.165) is 10.0 Å². The monoisotopic (exact) mass is 281 g/mol. The number of aryl methyl sites for hydroxylation is 1. The Morgan fingerprint density at radius 3 is 2.80 bits per heavy atom. The van der Waals surface area contributed by atoms with Gasteiger partial charge in [0, 0.05) is 38.8 Å². The zero-order valence-electron chi connectivity index (χ0n) is 8.03. The van der Waals surface area contributed by atoms with Crippen LogP contribution in [-0.2, 0) is 0 Å². The van der Waals surface area contributed by atoms with Crippen molar-refractivity contribution in [1.82, 2.24) is 4.98 Å². The molecule has 4 heteroatoms. The number of thiophene rings is 1. The van der Waals surface area contributed by atoms with Crippen LogP contribution >= 0.6 is 27.3 Å². The van der Waals surface area contributed by atoms with Gasteiger partial charge in [-0.25, -0.2) is 0 Å². The van der Waals surface area contributed by atoms with Crippen molar-refractivity contribution >= 4 is 33.0 Å². The minimum atomic E-state index is 0.0220. The Labute approximate surface area is 100 Å². The summed E-state index contributed by atoms with van der Waals surface area (Å²) in [6, 6.07) is 1.84. The number of pyridine rings is 1. The smallest absolute Gasteiger partial charge is 0.196 e. The third-order valence-corrected chi connectivity index (χ3v) is 3.85. The van der Waals surface area contributed by atoms with Crippen LogP contribution in [0, 0.1) is 6.92 Å². The summed E-state index contributed by atoms with van der Waals surface area (Å²) in [5, 5.41) is 3.75. The maximum absolute atomic E-state index is 12.1. The maximum atomic E-state index is 12.1. The van der Waals surface area contributed by atoms with Gasteiger partial charge in [0.2, 0.25) is 0 Å². The second-order valence-electron chi connectivity index (χ2n) is 3.15. The van der Waals surface area contributed by atoms with Crippen molar-refractivity contribution in [1.29, 1.82) is 0 Å². The van der Waals surface area contributed by atoms with Crippen LogP contribution < -0.4 is 0 Å². The molecule has 0 aliphatic heterocycles. The average Bonchev–Trinajstić information content (AvgIpc) is 2.64. The van der Waals surface area contributed by atoms with Crippen LogP contribution in [0.15, 0.2) is 33.7 Å². The lowest BCUT2D eigenvalue weighted by atomic mass is 10.0. The number of hydrogen-bond acceptors (Lipinski definition) is 3. The molecule has 0 aliphatic rings. The lowest BCUT2D eigenvalue weighted by molar-refractivity contribution is 0.103. The van der Waals surface area contributed by atoms with Crippen molar-refractivity contribution in [2.45, 2.75) is 6.92 Å². The normalized spacial score (nSPS) is 10.3. The second-order valence-corrected chi connectivity index (χ2v) is 4.75. The molecule has 0 saturated carbocycles. The lowest BCUT2D eigenvalue weighted by Gasteiger charge is -2.02. The summed E-state index contributed by atoms with van der Waals surface area (Å²) >= 11 is 4.86. The standard InChI is InChI=1S/C11H8BrNOS/c1-7-2-3-13-4-8(7)11(14)9-5-15-6-10(9)12/h2-6H,1H3. The van der Waals surface area contributed by atoms with Crippen molar-refractivity contribution in [2.24, 2.45) is 0 Å². The molecule has 0 N–H and O–H groups in total. The van der Waals surface area contributed by atoms with E-state index in [1.807, 2.05) is 23.8 Å². The second kappa shape index (κ2) is 4.24. The average molecular weight is 282 g/mol. The number of hydrogen-bond donors (Lipinski definition) is 0. The Morgan fingerprint density at radius 1 is 1.40 bits per heavy atom. The van der Waals surface area contributed by atoms with Gasteiger partial charge in [-0.05, 0) is 34.5 Å². The van der Waals surface area contributed by atoms with E-state index < -0.39 is 0 Å². The molecule has 2 rings (SSSR count). The molecule has 2 aromatic rings. The van der Waals surface area contributed by atoms with Gasteiger partial charge in [0.25, 0.3) is 0 Å². The quantitative estimate of drug-likeness (QED) is 0.790. The van der Waals surface area contributed by atoms with Crippen LogP contribution in [-0.4, -0.2) is 10.8 Å². The first-order chi connectivity index (χ1) is 7.20.